The van der Waals surface area contributed by atoms with Gasteiger partial charge in [-0.25, -0.2) is 8.78 Å². The van der Waals surface area contributed by atoms with E-state index in [2.05, 4.69) is 5.32 Å². The zero-order valence-corrected chi connectivity index (χ0v) is 11.5. The Morgan fingerprint density at radius 1 is 1.19 bits per heavy atom. The highest BCUT2D eigenvalue weighted by molar-refractivity contribution is 6.12. The standard InChI is InChI=1S/C16H15F2N3/c1-21-16-8-12(15(20)9-13(16)18)14(19)7-4-10-2-5-11(17)6-3-10/h2-9,19,21H,20H2,1H3/b7-4+,19-14?. The van der Waals surface area contributed by atoms with Gasteiger partial charge >= 0.3 is 0 Å². The van der Waals surface area contributed by atoms with Crippen LogP contribution in [-0.4, -0.2) is 12.8 Å². The Balaban J connectivity index is 2.26. The van der Waals surface area contributed by atoms with Crippen molar-refractivity contribution in [2.45, 2.75) is 0 Å². The molecule has 0 radical (unpaired) electrons. The number of nitrogens with two attached hydrogens (primary N) is 1. The van der Waals surface area contributed by atoms with Gasteiger partial charge in [-0.3, -0.25) is 0 Å². The summed E-state index contributed by atoms with van der Waals surface area (Å²) in [6.45, 7) is 0. The minimum atomic E-state index is -0.464. The van der Waals surface area contributed by atoms with Crippen molar-refractivity contribution in [2.24, 2.45) is 0 Å². The van der Waals surface area contributed by atoms with Crippen LogP contribution in [0.2, 0.25) is 0 Å². The fourth-order valence-corrected chi connectivity index (χ4v) is 1.86. The van der Waals surface area contributed by atoms with Crippen LogP contribution in [0.1, 0.15) is 11.1 Å². The largest absolute Gasteiger partial charge is 0.398 e. The number of rotatable bonds is 4. The monoisotopic (exact) mass is 287 g/mol. The zero-order valence-electron chi connectivity index (χ0n) is 11.5. The van der Waals surface area contributed by atoms with Crippen LogP contribution in [0.25, 0.3) is 6.08 Å². The van der Waals surface area contributed by atoms with Crippen LogP contribution in [0.4, 0.5) is 20.2 Å². The van der Waals surface area contributed by atoms with E-state index in [1.54, 1.807) is 25.3 Å². The van der Waals surface area contributed by atoms with Gasteiger partial charge < -0.3 is 16.5 Å². The number of hydrogen-bond donors (Lipinski definition) is 3. The van der Waals surface area contributed by atoms with Gasteiger partial charge in [-0.2, -0.15) is 0 Å². The van der Waals surface area contributed by atoms with Crippen molar-refractivity contribution in [3.8, 4) is 0 Å². The lowest BCUT2D eigenvalue weighted by molar-refractivity contribution is 0.627. The molecule has 0 saturated heterocycles. The first-order valence-corrected chi connectivity index (χ1v) is 6.30. The summed E-state index contributed by atoms with van der Waals surface area (Å²) in [7, 11) is 1.59. The highest BCUT2D eigenvalue weighted by atomic mass is 19.1. The Kier molecular flexibility index (Phi) is 4.33. The van der Waals surface area contributed by atoms with E-state index in [0.717, 1.165) is 5.56 Å². The molecule has 0 aliphatic rings. The van der Waals surface area contributed by atoms with Gasteiger partial charge in [-0.15, -0.1) is 0 Å². The third-order valence-electron chi connectivity index (χ3n) is 3.01. The molecule has 0 spiro atoms. The van der Waals surface area contributed by atoms with Crippen molar-refractivity contribution < 1.29 is 8.78 Å². The molecular formula is C16H15F2N3. The van der Waals surface area contributed by atoms with E-state index in [0.29, 0.717) is 5.56 Å². The van der Waals surface area contributed by atoms with E-state index in [9.17, 15) is 8.78 Å². The molecule has 2 rings (SSSR count). The number of halogens is 2. The number of hydrogen-bond acceptors (Lipinski definition) is 3. The maximum atomic E-state index is 13.5. The summed E-state index contributed by atoms with van der Waals surface area (Å²) in [5.41, 5.74) is 7.55. The van der Waals surface area contributed by atoms with Crippen molar-refractivity contribution in [3.05, 3.63) is 65.2 Å². The molecule has 3 nitrogen and oxygen atoms in total. The summed E-state index contributed by atoms with van der Waals surface area (Å²) in [6, 6.07) is 8.56. The maximum absolute atomic E-state index is 13.5. The van der Waals surface area contributed by atoms with Crippen LogP contribution in [0.15, 0.2) is 42.5 Å². The van der Waals surface area contributed by atoms with Crippen LogP contribution >= 0.6 is 0 Å². The molecule has 0 fully saturated rings. The molecule has 4 N–H and O–H groups in total. The molecule has 0 heterocycles. The number of anilines is 2. The molecule has 21 heavy (non-hydrogen) atoms. The van der Waals surface area contributed by atoms with Gasteiger partial charge in [0.1, 0.15) is 11.6 Å². The minimum Gasteiger partial charge on any atom is -0.398 e. The fourth-order valence-electron chi connectivity index (χ4n) is 1.86. The van der Waals surface area contributed by atoms with Gasteiger partial charge in [0.25, 0.3) is 0 Å². The van der Waals surface area contributed by atoms with E-state index in [4.69, 9.17) is 11.1 Å². The van der Waals surface area contributed by atoms with Crippen LogP contribution in [0, 0.1) is 17.0 Å². The lowest BCUT2D eigenvalue weighted by atomic mass is 10.0. The number of allylic oxidation sites excluding steroid dienone is 1. The zero-order chi connectivity index (χ0) is 15.4. The van der Waals surface area contributed by atoms with Gasteiger partial charge in [0, 0.05) is 18.3 Å². The summed E-state index contributed by atoms with van der Waals surface area (Å²) in [5.74, 6) is -0.780. The third kappa shape index (κ3) is 3.45. The van der Waals surface area contributed by atoms with Crippen LogP contribution in [0.3, 0.4) is 0 Å². The first kappa shape index (κ1) is 14.7. The second kappa shape index (κ2) is 6.17. The van der Waals surface area contributed by atoms with Crippen molar-refractivity contribution >= 4 is 23.2 Å². The topological polar surface area (TPSA) is 61.9 Å². The quantitative estimate of drug-likeness (QED) is 0.593. The highest BCUT2D eigenvalue weighted by Crippen LogP contribution is 2.22. The Morgan fingerprint density at radius 3 is 2.48 bits per heavy atom. The Labute approximate surface area is 121 Å². The van der Waals surface area contributed by atoms with Crippen LogP contribution in [-0.2, 0) is 0 Å². The van der Waals surface area contributed by atoms with Gasteiger partial charge in [-0.1, -0.05) is 18.2 Å². The molecule has 0 unspecified atom stereocenters. The average Bonchev–Trinajstić information content (AvgIpc) is 2.46. The number of nitrogens with one attached hydrogen (secondary N) is 2. The fraction of sp³-hybridized carbons (Fsp3) is 0.0625. The Morgan fingerprint density at radius 2 is 1.86 bits per heavy atom. The highest BCUT2D eigenvalue weighted by Gasteiger charge is 2.09. The van der Waals surface area contributed by atoms with Crippen LogP contribution in [0.5, 0.6) is 0 Å². The molecule has 0 saturated carbocycles. The van der Waals surface area contributed by atoms with Crippen molar-refractivity contribution in [1.82, 2.24) is 0 Å². The predicted molar refractivity (Wildman–Crippen MR) is 82.6 cm³/mol. The van der Waals surface area contributed by atoms with Gasteiger partial charge in [-0.05, 0) is 35.9 Å². The normalized spacial score (nSPS) is 10.8. The predicted octanol–water partition coefficient (Wildman–Crippen LogP) is 3.67. The van der Waals surface area contributed by atoms with E-state index >= 15 is 0 Å². The number of nitrogen functional groups attached to an aromatic ring is 1. The smallest absolute Gasteiger partial charge is 0.148 e. The molecule has 0 amide bonds. The number of benzene rings is 2. The molecule has 0 aromatic heterocycles. The Bertz CT molecular complexity index is 691. The molecule has 2 aromatic carbocycles. The van der Waals surface area contributed by atoms with E-state index < -0.39 is 5.82 Å². The average molecular weight is 287 g/mol. The van der Waals surface area contributed by atoms with E-state index in [1.165, 1.54) is 30.3 Å². The summed E-state index contributed by atoms with van der Waals surface area (Å²) in [4.78, 5) is 0. The SMILES string of the molecule is CNc1cc(C(=N)/C=C/c2ccc(F)cc2)c(N)cc1F. The second-order valence-electron chi connectivity index (χ2n) is 4.47. The lowest BCUT2D eigenvalue weighted by Crippen LogP contribution is -2.04. The molecule has 0 atom stereocenters. The lowest BCUT2D eigenvalue weighted by Gasteiger charge is -2.09. The minimum absolute atomic E-state index is 0.147. The summed E-state index contributed by atoms with van der Waals surface area (Å²) in [6.07, 6.45) is 3.21. The molecule has 0 aliphatic heterocycles. The molecule has 0 aliphatic carbocycles. The second-order valence-corrected chi connectivity index (χ2v) is 4.47. The summed E-state index contributed by atoms with van der Waals surface area (Å²) >= 11 is 0. The van der Waals surface area contributed by atoms with Gasteiger partial charge in [0.15, 0.2) is 0 Å². The molecular weight excluding hydrogens is 272 g/mol. The van der Waals surface area contributed by atoms with Gasteiger partial charge in [0.2, 0.25) is 0 Å². The van der Waals surface area contributed by atoms with Crippen molar-refractivity contribution in [1.29, 1.82) is 5.41 Å². The first-order valence-electron chi connectivity index (χ1n) is 6.30. The third-order valence-corrected chi connectivity index (χ3v) is 3.01. The summed E-state index contributed by atoms with van der Waals surface area (Å²) < 4.78 is 26.3. The summed E-state index contributed by atoms with van der Waals surface area (Å²) in [5, 5.41) is 10.7. The van der Waals surface area contributed by atoms with Crippen molar-refractivity contribution in [3.63, 3.8) is 0 Å². The molecule has 108 valence electrons. The molecule has 5 heteroatoms. The van der Waals surface area contributed by atoms with Crippen molar-refractivity contribution in [2.75, 3.05) is 18.1 Å². The molecule has 2 aromatic rings. The maximum Gasteiger partial charge on any atom is 0.148 e. The van der Waals surface area contributed by atoms with E-state index in [1.807, 2.05) is 0 Å². The van der Waals surface area contributed by atoms with Gasteiger partial charge in [0.05, 0.1) is 11.4 Å². The van der Waals surface area contributed by atoms with Crippen LogP contribution < -0.4 is 11.1 Å². The van der Waals surface area contributed by atoms with E-state index in [-0.39, 0.29) is 22.9 Å². The first-order chi connectivity index (χ1) is 10.0. The molecule has 0 bridgehead atoms. The Hall–Kier alpha value is -2.69.